The van der Waals surface area contributed by atoms with E-state index < -0.39 is 60.6 Å². The van der Waals surface area contributed by atoms with Crippen molar-refractivity contribution < 1.29 is 28.8 Å². The van der Waals surface area contributed by atoms with Gasteiger partial charge in [0, 0.05) is 11.5 Å². The highest BCUT2D eigenvalue weighted by Gasteiger charge is 2.23. The molecule has 30 heavy (non-hydrogen) atoms. The first-order valence-corrected chi connectivity index (χ1v) is 10.9. The highest BCUT2D eigenvalue weighted by Crippen LogP contribution is 2.23. The highest BCUT2D eigenvalue weighted by molar-refractivity contribution is 8.76. The van der Waals surface area contributed by atoms with Crippen molar-refractivity contribution in [3.8, 4) is 0 Å². The Bertz CT molecular complexity index is 596. The fraction of sp³-hybridized carbons (Fsp3) is 0.571. The minimum atomic E-state index is -1.02. The van der Waals surface area contributed by atoms with Crippen molar-refractivity contribution in [3.05, 3.63) is 0 Å². The molecule has 0 aliphatic rings. The monoisotopic (exact) mass is 466 g/mol. The van der Waals surface area contributed by atoms with Crippen molar-refractivity contribution in [2.24, 2.45) is 22.9 Å². The van der Waals surface area contributed by atoms with Crippen LogP contribution in [0.25, 0.3) is 0 Å². The summed E-state index contributed by atoms with van der Waals surface area (Å²) < 4.78 is 0. The third-order valence-corrected chi connectivity index (χ3v) is 5.52. The van der Waals surface area contributed by atoms with Crippen molar-refractivity contribution in [2.45, 2.75) is 12.1 Å². The molecule has 2 atom stereocenters. The zero-order valence-corrected chi connectivity index (χ0v) is 17.6. The summed E-state index contributed by atoms with van der Waals surface area (Å²) in [6, 6.07) is -2.03. The molecule has 12 N–H and O–H groups in total. The van der Waals surface area contributed by atoms with Gasteiger partial charge in [0.25, 0.3) is 0 Å². The first-order chi connectivity index (χ1) is 14.1. The molecule has 14 nitrogen and oxygen atoms in total. The maximum atomic E-state index is 12.1. The lowest BCUT2D eigenvalue weighted by molar-refractivity contribution is -0.129. The maximum Gasteiger partial charge on any atom is 0.243 e. The van der Waals surface area contributed by atoms with Crippen LogP contribution in [0.2, 0.25) is 0 Å². The Hall–Kier alpha value is -2.56. The van der Waals surface area contributed by atoms with E-state index in [-0.39, 0.29) is 24.6 Å². The van der Waals surface area contributed by atoms with Gasteiger partial charge in [-0.1, -0.05) is 21.6 Å². The zero-order valence-electron chi connectivity index (χ0n) is 16.0. The Balaban J connectivity index is 4.79. The first-order valence-electron chi connectivity index (χ1n) is 8.46. The molecule has 0 fully saturated rings. The third kappa shape index (κ3) is 12.8. The predicted molar refractivity (Wildman–Crippen MR) is 111 cm³/mol. The number of amides is 6. The van der Waals surface area contributed by atoms with Crippen LogP contribution in [0.15, 0.2) is 0 Å². The fourth-order valence-electron chi connectivity index (χ4n) is 1.70. The van der Waals surface area contributed by atoms with E-state index in [1.165, 1.54) is 0 Å². The van der Waals surface area contributed by atoms with Crippen LogP contribution in [-0.2, 0) is 28.8 Å². The lowest BCUT2D eigenvalue weighted by Gasteiger charge is -2.19. The molecule has 0 saturated carbocycles. The Kier molecular flexibility index (Phi) is 14.0. The quantitative estimate of drug-likeness (QED) is 0.0838. The molecule has 170 valence electrons. The smallest absolute Gasteiger partial charge is 0.243 e. The summed E-state index contributed by atoms with van der Waals surface area (Å²) in [5.74, 6) is -3.85. The number of primary amides is 2. The van der Waals surface area contributed by atoms with Gasteiger partial charge < -0.3 is 44.2 Å². The summed E-state index contributed by atoms with van der Waals surface area (Å²) >= 11 is 0. The third-order valence-electron chi connectivity index (χ3n) is 3.10. The number of hydrogen-bond donors (Lipinski definition) is 8. The van der Waals surface area contributed by atoms with Gasteiger partial charge in [-0.25, -0.2) is 0 Å². The molecule has 0 aromatic carbocycles. The van der Waals surface area contributed by atoms with Crippen LogP contribution in [0, 0.1) is 0 Å². The number of carbonyl (C=O) groups is 6. The summed E-state index contributed by atoms with van der Waals surface area (Å²) in [5.41, 5.74) is 20.4. The second-order valence-corrected chi connectivity index (χ2v) is 8.14. The first kappa shape index (κ1) is 27.4. The van der Waals surface area contributed by atoms with Crippen LogP contribution in [-0.4, -0.2) is 85.2 Å². The molecule has 0 heterocycles. The van der Waals surface area contributed by atoms with Gasteiger partial charge in [-0.3, -0.25) is 28.8 Å². The van der Waals surface area contributed by atoms with Gasteiger partial charge in [-0.15, -0.1) is 0 Å². The Morgan fingerprint density at radius 3 is 1.27 bits per heavy atom. The minimum absolute atomic E-state index is 0.0570. The van der Waals surface area contributed by atoms with Gasteiger partial charge in [0.05, 0.1) is 26.2 Å². The van der Waals surface area contributed by atoms with Gasteiger partial charge >= 0.3 is 0 Å². The van der Waals surface area contributed by atoms with Crippen molar-refractivity contribution in [3.63, 3.8) is 0 Å². The Labute approximate surface area is 180 Å². The summed E-state index contributed by atoms with van der Waals surface area (Å²) in [5, 5.41) is 9.33. The summed E-state index contributed by atoms with van der Waals surface area (Å²) in [4.78, 5) is 68.8. The van der Waals surface area contributed by atoms with E-state index in [0.717, 1.165) is 21.6 Å². The van der Waals surface area contributed by atoms with Gasteiger partial charge in [0.15, 0.2) is 0 Å². The Morgan fingerprint density at radius 2 is 1.00 bits per heavy atom. The summed E-state index contributed by atoms with van der Waals surface area (Å²) in [7, 11) is 2.22. The van der Waals surface area contributed by atoms with E-state index in [2.05, 4.69) is 21.3 Å². The predicted octanol–water partition coefficient (Wildman–Crippen LogP) is -5.54. The molecule has 0 aromatic heterocycles. The molecule has 16 heteroatoms. The topological polar surface area (TPSA) is 255 Å². The molecule has 0 spiro atoms. The SMILES string of the molecule is NCC(=O)N[C@@H](CSSC[C@H](NC(=O)CN)C(=O)NCC(N)=O)C(=O)NCC(N)=O. The molecule has 0 radical (unpaired) electrons. The van der Waals surface area contributed by atoms with Crippen LogP contribution < -0.4 is 44.2 Å². The summed E-state index contributed by atoms with van der Waals surface area (Å²) in [6.45, 7) is -1.49. The number of nitrogens with two attached hydrogens (primary N) is 4. The van der Waals surface area contributed by atoms with E-state index in [9.17, 15) is 28.8 Å². The largest absolute Gasteiger partial charge is 0.368 e. The molecule has 0 aliphatic carbocycles. The molecule has 0 aliphatic heterocycles. The van der Waals surface area contributed by atoms with Crippen LogP contribution in [0.5, 0.6) is 0 Å². The highest BCUT2D eigenvalue weighted by atomic mass is 33.1. The maximum absolute atomic E-state index is 12.1. The van der Waals surface area contributed by atoms with Gasteiger partial charge in [0.2, 0.25) is 35.4 Å². The van der Waals surface area contributed by atoms with Crippen molar-refractivity contribution >= 4 is 57.0 Å². The summed E-state index contributed by atoms with van der Waals surface area (Å²) in [6.07, 6.45) is 0. The van der Waals surface area contributed by atoms with Crippen molar-refractivity contribution in [1.82, 2.24) is 21.3 Å². The molecule has 0 unspecified atom stereocenters. The average molecular weight is 467 g/mol. The molecule has 0 rings (SSSR count). The van der Waals surface area contributed by atoms with Crippen molar-refractivity contribution in [1.29, 1.82) is 0 Å². The van der Waals surface area contributed by atoms with Crippen molar-refractivity contribution in [2.75, 3.05) is 37.7 Å². The van der Waals surface area contributed by atoms with Gasteiger partial charge in [-0.2, -0.15) is 0 Å². The standard InChI is InChI=1S/C14H26N8O6S2/c15-1-11(25)21-7(13(27)19-3-9(17)23)5-29-30-6-8(22-12(26)2-16)14(28)20-4-10(18)24/h7-8H,1-6,15-16H2,(H2,17,23)(H2,18,24)(H,19,27)(H,20,28)(H,21,25)(H,22,26)/t7-,8-/m0/s1. The minimum Gasteiger partial charge on any atom is -0.368 e. The Morgan fingerprint density at radius 1 is 0.667 bits per heavy atom. The normalized spacial score (nSPS) is 12.2. The fourth-order valence-corrected chi connectivity index (χ4v) is 4.03. The number of rotatable bonds is 15. The second-order valence-electron chi connectivity index (χ2n) is 5.59. The number of nitrogens with one attached hydrogen (secondary N) is 4. The van der Waals surface area contributed by atoms with E-state index in [1.807, 2.05) is 0 Å². The van der Waals surface area contributed by atoms with Crippen LogP contribution in [0.1, 0.15) is 0 Å². The van der Waals surface area contributed by atoms with E-state index in [0.29, 0.717) is 0 Å². The van der Waals surface area contributed by atoms with Gasteiger partial charge in [0.1, 0.15) is 12.1 Å². The number of carbonyl (C=O) groups excluding carboxylic acids is 6. The molecular weight excluding hydrogens is 440 g/mol. The lowest BCUT2D eigenvalue weighted by Crippen LogP contribution is -2.51. The molecule has 0 aromatic rings. The van der Waals surface area contributed by atoms with E-state index in [1.54, 1.807) is 0 Å². The average Bonchev–Trinajstić information content (AvgIpc) is 2.70. The molecule has 6 amide bonds. The van der Waals surface area contributed by atoms with E-state index in [4.69, 9.17) is 22.9 Å². The van der Waals surface area contributed by atoms with Crippen LogP contribution >= 0.6 is 21.6 Å². The second kappa shape index (κ2) is 15.3. The van der Waals surface area contributed by atoms with Crippen LogP contribution in [0.4, 0.5) is 0 Å². The molecular formula is C14H26N8O6S2. The van der Waals surface area contributed by atoms with E-state index >= 15 is 0 Å². The zero-order chi connectivity index (χ0) is 23.1. The molecule has 0 bridgehead atoms. The van der Waals surface area contributed by atoms with Gasteiger partial charge in [-0.05, 0) is 0 Å². The lowest BCUT2D eigenvalue weighted by atomic mass is 10.3. The molecule has 0 saturated heterocycles. The number of hydrogen-bond acceptors (Lipinski definition) is 10. The van der Waals surface area contributed by atoms with Crippen LogP contribution in [0.3, 0.4) is 0 Å².